The molecule has 2 rings (SSSR count). The van der Waals surface area contributed by atoms with Gasteiger partial charge in [-0.25, -0.2) is 0 Å². The van der Waals surface area contributed by atoms with Crippen molar-refractivity contribution < 1.29 is 14.7 Å². The molecular weight excluding hydrogens is 268 g/mol. The van der Waals surface area contributed by atoms with Crippen LogP contribution in [0.15, 0.2) is 0 Å². The predicted octanol–water partition coefficient (Wildman–Crippen LogP) is 1.96. The van der Waals surface area contributed by atoms with Gasteiger partial charge >= 0.3 is 5.97 Å². The van der Waals surface area contributed by atoms with Crippen molar-refractivity contribution >= 4 is 11.9 Å². The number of hydrogen-bond acceptors (Lipinski definition) is 3. The van der Waals surface area contributed by atoms with Gasteiger partial charge in [0.25, 0.3) is 0 Å². The first-order valence-electron chi connectivity index (χ1n) is 8.30. The fourth-order valence-electron chi connectivity index (χ4n) is 4.21. The number of likely N-dealkylation sites (tertiary alicyclic amines) is 1. The van der Waals surface area contributed by atoms with E-state index >= 15 is 0 Å². The Bertz CT molecular complexity index is 395. The molecule has 1 aliphatic heterocycles. The maximum Gasteiger partial charge on any atom is 0.320 e. The summed E-state index contributed by atoms with van der Waals surface area (Å²) in [6, 6.07) is -0.555. The lowest BCUT2D eigenvalue weighted by molar-refractivity contribution is -0.147. The van der Waals surface area contributed by atoms with Gasteiger partial charge in [-0.2, -0.15) is 0 Å². The van der Waals surface area contributed by atoms with E-state index in [-0.39, 0.29) is 18.0 Å². The van der Waals surface area contributed by atoms with Gasteiger partial charge in [0.2, 0.25) is 5.91 Å². The molecule has 0 radical (unpaired) electrons. The highest BCUT2D eigenvalue weighted by molar-refractivity contribution is 5.83. The number of likely N-dealkylation sites (N-methyl/N-ethyl adjacent to an activating group) is 1. The summed E-state index contributed by atoms with van der Waals surface area (Å²) in [6.07, 6.45) is 5.19. The number of amides is 1. The zero-order valence-electron chi connectivity index (χ0n) is 13.4. The topological polar surface area (TPSA) is 60.9 Å². The first-order chi connectivity index (χ1) is 10.0. The van der Waals surface area contributed by atoms with Gasteiger partial charge in [-0.15, -0.1) is 0 Å². The molecule has 1 N–H and O–H groups in total. The smallest absolute Gasteiger partial charge is 0.320 e. The first kappa shape index (κ1) is 16.3. The van der Waals surface area contributed by atoms with Crippen LogP contribution in [0.2, 0.25) is 0 Å². The summed E-state index contributed by atoms with van der Waals surface area (Å²) in [5.74, 6) is -0.257. The fourth-order valence-corrected chi connectivity index (χ4v) is 4.21. The molecule has 2 aliphatic rings. The molecule has 4 atom stereocenters. The molecule has 21 heavy (non-hydrogen) atoms. The molecule has 1 aliphatic carbocycles. The van der Waals surface area contributed by atoms with E-state index < -0.39 is 12.0 Å². The van der Waals surface area contributed by atoms with Crippen LogP contribution in [0.1, 0.15) is 52.9 Å². The summed E-state index contributed by atoms with van der Waals surface area (Å²) in [7, 11) is 0. The fraction of sp³-hybridized carbons (Fsp3) is 0.875. The Labute approximate surface area is 127 Å². The molecule has 1 saturated carbocycles. The summed E-state index contributed by atoms with van der Waals surface area (Å²) in [4.78, 5) is 28.1. The van der Waals surface area contributed by atoms with Crippen LogP contribution in [0.5, 0.6) is 0 Å². The molecule has 1 saturated heterocycles. The van der Waals surface area contributed by atoms with Crippen LogP contribution in [-0.4, -0.2) is 58.0 Å². The third kappa shape index (κ3) is 3.07. The molecule has 0 spiro atoms. The molecular formula is C16H28N2O3. The average molecular weight is 296 g/mol. The quantitative estimate of drug-likeness (QED) is 0.842. The van der Waals surface area contributed by atoms with Crippen molar-refractivity contribution in [2.75, 3.05) is 13.1 Å². The molecule has 1 amide bonds. The number of carbonyl (C=O) groups excluding carboxylic acids is 1. The highest BCUT2D eigenvalue weighted by atomic mass is 16.4. The van der Waals surface area contributed by atoms with E-state index in [1.54, 1.807) is 4.90 Å². The Morgan fingerprint density at radius 1 is 1.24 bits per heavy atom. The molecule has 0 aromatic rings. The normalized spacial score (nSPS) is 30.7. The third-order valence-corrected chi connectivity index (χ3v) is 5.30. The predicted molar refractivity (Wildman–Crippen MR) is 81.0 cm³/mol. The van der Waals surface area contributed by atoms with Gasteiger partial charge in [0, 0.05) is 19.1 Å². The van der Waals surface area contributed by atoms with Crippen LogP contribution in [0.25, 0.3) is 0 Å². The lowest BCUT2D eigenvalue weighted by Gasteiger charge is -2.38. The zero-order chi connectivity index (χ0) is 15.6. The number of nitrogens with zero attached hydrogens (tertiary/aromatic N) is 2. The molecule has 4 unspecified atom stereocenters. The summed E-state index contributed by atoms with van der Waals surface area (Å²) in [5, 5.41) is 9.55. The Balaban J connectivity index is 2.20. The Kier molecular flexibility index (Phi) is 5.25. The number of aliphatic carboxylic acids is 1. The lowest BCUT2D eigenvalue weighted by Crippen LogP contribution is -2.54. The Morgan fingerprint density at radius 3 is 2.43 bits per heavy atom. The van der Waals surface area contributed by atoms with Crippen LogP contribution < -0.4 is 0 Å². The summed E-state index contributed by atoms with van der Waals surface area (Å²) in [6.45, 7) is 7.18. The van der Waals surface area contributed by atoms with Gasteiger partial charge in [-0.3, -0.25) is 14.5 Å². The zero-order valence-corrected chi connectivity index (χ0v) is 13.4. The van der Waals surface area contributed by atoms with Crippen molar-refractivity contribution in [3.8, 4) is 0 Å². The summed E-state index contributed by atoms with van der Waals surface area (Å²) >= 11 is 0. The van der Waals surface area contributed by atoms with E-state index in [0.717, 1.165) is 19.3 Å². The van der Waals surface area contributed by atoms with Gasteiger partial charge in [0.1, 0.15) is 6.04 Å². The highest BCUT2D eigenvalue weighted by Crippen LogP contribution is 2.41. The van der Waals surface area contributed by atoms with Crippen LogP contribution in [0.4, 0.5) is 0 Å². The molecule has 1 heterocycles. The maximum absolute atomic E-state index is 12.6. The van der Waals surface area contributed by atoms with Gasteiger partial charge < -0.3 is 10.0 Å². The van der Waals surface area contributed by atoms with E-state index in [4.69, 9.17) is 0 Å². The van der Waals surface area contributed by atoms with Crippen molar-refractivity contribution in [1.29, 1.82) is 0 Å². The molecule has 0 aromatic carbocycles. The largest absolute Gasteiger partial charge is 0.480 e. The van der Waals surface area contributed by atoms with Crippen molar-refractivity contribution in [3.63, 3.8) is 0 Å². The second-order valence-corrected chi connectivity index (χ2v) is 6.34. The third-order valence-electron chi connectivity index (χ3n) is 5.30. The number of carboxylic acid groups (broad SMARTS) is 1. The monoisotopic (exact) mass is 296 g/mol. The van der Waals surface area contributed by atoms with E-state index in [0.29, 0.717) is 25.4 Å². The van der Waals surface area contributed by atoms with E-state index in [2.05, 4.69) is 0 Å². The lowest BCUT2D eigenvalue weighted by atomic mass is 9.84. The minimum absolute atomic E-state index is 0.0671. The van der Waals surface area contributed by atoms with Crippen molar-refractivity contribution in [3.05, 3.63) is 0 Å². The number of fused-ring (bicyclic) bond motifs is 1. The average Bonchev–Trinajstić information content (AvgIpc) is 2.87. The van der Waals surface area contributed by atoms with Crippen molar-refractivity contribution in [2.45, 2.75) is 71.0 Å². The molecule has 2 fully saturated rings. The van der Waals surface area contributed by atoms with Gasteiger partial charge in [-0.05, 0) is 46.0 Å². The minimum Gasteiger partial charge on any atom is -0.480 e. The van der Waals surface area contributed by atoms with Gasteiger partial charge in [0.05, 0.1) is 6.04 Å². The molecule has 5 heteroatoms. The van der Waals surface area contributed by atoms with E-state index in [1.807, 2.05) is 25.7 Å². The van der Waals surface area contributed by atoms with Crippen molar-refractivity contribution in [1.82, 2.24) is 9.80 Å². The Hall–Kier alpha value is -1.10. The van der Waals surface area contributed by atoms with Crippen LogP contribution >= 0.6 is 0 Å². The van der Waals surface area contributed by atoms with Crippen LogP contribution in [-0.2, 0) is 9.59 Å². The highest BCUT2D eigenvalue weighted by Gasteiger charge is 2.48. The van der Waals surface area contributed by atoms with E-state index in [1.165, 1.54) is 6.42 Å². The summed E-state index contributed by atoms with van der Waals surface area (Å²) in [5.41, 5.74) is 0. The minimum atomic E-state index is -0.774. The number of carbonyl (C=O) groups is 2. The second-order valence-electron chi connectivity index (χ2n) is 6.34. The molecule has 120 valence electrons. The van der Waals surface area contributed by atoms with Crippen LogP contribution in [0, 0.1) is 5.92 Å². The van der Waals surface area contributed by atoms with E-state index in [9.17, 15) is 14.7 Å². The van der Waals surface area contributed by atoms with Gasteiger partial charge in [-0.1, -0.05) is 12.8 Å². The SMILES string of the molecule is CCN(CC)C(=O)C(C)N1C(C(=O)O)CC2CCCCC21. The van der Waals surface area contributed by atoms with Crippen LogP contribution in [0.3, 0.4) is 0 Å². The van der Waals surface area contributed by atoms with Gasteiger partial charge in [0.15, 0.2) is 0 Å². The summed E-state index contributed by atoms with van der Waals surface area (Å²) < 4.78 is 0. The first-order valence-corrected chi connectivity index (χ1v) is 8.30. The molecule has 0 bridgehead atoms. The molecule has 5 nitrogen and oxygen atoms in total. The number of hydrogen-bond donors (Lipinski definition) is 1. The van der Waals surface area contributed by atoms with Crippen molar-refractivity contribution in [2.24, 2.45) is 5.92 Å². The maximum atomic E-state index is 12.6. The number of carboxylic acids is 1. The molecule has 0 aromatic heterocycles. The second kappa shape index (κ2) is 6.77. The number of rotatable bonds is 5. The standard InChI is InChI=1S/C16H28N2O3/c1-4-17(5-2)15(19)11(3)18-13-9-7-6-8-12(13)10-14(18)16(20)21/h11-14H,4-10H2,1-3H3,(H,20,21). The Morgan fingerprint density at radius 2 is 1.86 bits per heavy atom.